The Balaban J connectivity index is 1.52. The topological polar surface area (TPSA) is 58.6 Å². The van der Waals surface area contributed by atoms with Crippen LogP contribution in [0.5, 0.6) is 0 Å². The standard InChI is InChI=1S/C20H22N2O3/c1-20(2)16-10-6-7-11-17(16)22(18(20)23)13-12-21-19(24)25-14-15-8-4-3-5-9-15/h3-11H,12-14H2,1-2H3,(H,21,24). The summed E-state index contributed by atoms with van der Waals surface area (Å²) >= 11 is 0. The number of rotatable bonds is 5. The molecule has 0 spiro atoms. The summed E-state index contributed by atoms with van der Waals surface area (Å²) < 4.78 is 5.18. The monoisotopic (exact) mass is 338 g/mol. The van der Waals surface area contributed by atoms with E-state index in [9.17, 15) is 9.59 Å². The number of fused-ring (bicyclic) bond motifs is 1. The molecule has 1 N–H and O–H groups in total. The number of nitrogens with zero attached hydrogens (tertiary/aromatic N) is 1. The first-order valence-electron chi connectivity index (χ1n) is 8.36. The zero-order valence-corrected chi connectivity index (χ0v) is 14.5. The van der Waals surface area contributed by atoms with Gasteiger partial charge in [0.1, 0.15) is 6.61 Å². The number of alkyl carbamates (subject to hydrolysis) is 1. The summed E-state index contributed by atoms with van der Waals surface area (Å²) in [5, 5.41) is 2.70. The van der Waals surface area contributed by atoms with Crippen LogP contribution in [0.2, 0.25) is 0 Å². The molecule has 0 unspecified atom stereocenters. The van der Waals surface area contributed by atoms with E-state index in [1.54, 1.807) is 4.90 Å². The highest BCUT2D eigenvalue weighted by Crippen LogP contribution is 2.40. The van der Waals surface area contributed by atoms with Crippen LogP contribution in [-0.4, -0.2) is 25.1 Å². The number of carbonyl (C=O) groups is 2. The third-order valence-electron chi connectivity index (χ3n) is 4.47. The zero-order chi connectivity index (χ0) is 17.9. The fraction of sp³-hybridized carbons (Fsp3) is 0.300. The number of ether oxygens (including phenoxy) is 1. The van der Waals surface area contributed by atoms with Gasteiger partial charge >= 0.3 is 6.09 Å². The van der Waals surface area contributed by atoms with Crippen molar-refractivity contribution in [1.82, 2.24) is 5.32 Å². The average molecular weight is 338 g/mol. The van der Waals surface area contributed by atoms with Gasteiger partial charge in [-0.25, -0.2) is 4.79 Å². The summed E-state index contributed by atoms with van der Waals surface area (Å²) in [4.78, 5) is 26.2. The number of amides is 2. The second-order valence-corrected chi connectivity index (χ2v) is 6.59. The van der Waals surface area contributed by atoms with Gasteiger partial charge in [0, 0.05) is 18.8 Å². The maximum absolute atomic E-state index is 12.7. The van der Waals surface area contributed by atoms with E-state index in [0.717, 1.165) is 16.8 Å². The van der Waals surface area contributed by atoms with Gasteiger partial charge in [0.15, 0.2) is 0 Å². The highest BCUT2D eigenvalue weighted by molar-refractivity contribution is 6.07. The van der Waals surface area contributed by atoms with Crippen LogP contribution >= 0.6 is 0 Å². The van der Waals surface area contributed by atoms with E-state index in [1.807, 2.05) is 68.4 Å². The van der Waals surface area contributed by atoms with Crippen LogP contribution in [0.15, 0.2) is 54.6 Å². The Morgan fingerprint density at radius 3 is 2.52 bits per heavy atom. The summed E-state index contributed by atoms with van der Waals surface area (Å²) in [7, 11) is 0. The second kappa shape index (κ2) is 6.97. The van der Waals surface area contributed by atoms with Crippen molar-refractivity contribution in [3.8, 4) is 0 Å². The molecule has 1 aliphatic rings. The molecule has 25 heavy (non-hydrogen) atoms. The van der Waals surface area contributed by atoms with Crippen LogP contribution in [0.25, 0.3) is 0 Å². The van der Waals surface area contributed by atoms with Crippen molar-refractivity contribution in [3.63, 3.8) is 0 Å². The molecule has 0 fully saturated rings. The summed E-state index contributed by atoms with van der Waals surface area (Å²) in [6.45, 7) is 4.83. The van der Waals surface area contributed by atoms with Gasteiger partial charge in [0.25, 0.3) is 0 Å². The maximum atomic E-state index is 12.7. The molecule has 0 aromatic heterocycles. The molecule has 0 radical (unpaired) electrons. The lowest BCUT2D eigenvalue weighted by molar-refractivity contribution is -0.122. The Morgan fingerprint density at radius 1 is 1.08 bits per heavy atom. The molecule has 0 bridgehead atoms. The summed E-state index contributed by atoms with van der Waals surface area (Å²) in [5.41, 5.74) is 2.33. The Labute approximate surface area is 147 Å². The predicted octanol–water partition coefficient (Wildman–Crippen LogP) is 3.24. The van der Waals surface area contributed by atoms with Crippen LogP contribution in [0.4, 0.5) is 10.5 Å². The largest absolute Gasteiger partial charge is 0.445 e. The Bertz CT molecular complexity index is 772. The van der Waals surface area contributed by atoms with Gasteiger partial charge in [-0.2, -0.15) is 0 Å². The lowest BCUT2D eigenvalue weighted by Crippen LogP contribution is -2.41. The van der Waals surface area contributed by atoms with Crippen molar-refractivity contribution >= 4 is 17.7 Å². The highest BCUT2D eigenvalue weighted by Gasteiger charge is 2.43. The molecule has 0 saturated carbocycles. The molecule has 1 aliphatic heterocycles. The molecular weight excluding hydrogens is 316 g/mol. The molecule has 2 amide bonds. The van der Waals surface area contributed by atoms with Gasteiger partial charge in [-0.1, -0.05) is 48.5 Å². The predicted molar refractivity (Wildman–Crippen MR) is 96.5 cm³/mol. The van der Waals surface area contributed by atoms with Gasteiger partial charge < -0.3 is 15.0 Å². The van der Waals surface area contributed by atoms with Crippen molar-refractivity contribution in [2.24, 2.45) is 0 Å². The number of carbonyl (C=O) groups excluding carboxylic acids is 2. The fourth-order valence-electron chi connectivity index (χ4n) is 3.07. The fourth-order valence-corrected chi connectivity index (χ4v) is 3.07. The molecule has 3 rings (SSSR count). The molecule has 0 atom stereocenters. The average Bonchev–Trinajstić information content (AvgIpc) is 2.82. The minimum absolute atomic E-state index is 0.0492. The lowest BCUT2D eigenvalue weighted by atomic mass is 9.86. The number of benzene rings is 2. The summed E-state index contributed by atoms with van der Waals surface area (Å²) in [5.74, 6) is 0.0492. The van der Waals surface area contributed by atoms with Crippen molar-refractivity contribution in [2.45, 2.75) is 25.9 Å². The molecule has 5 nitrogen and oxygen atoms in total. The number of nitrogens with one attached hydrogen (secondary N) is 1. The van der Waals surface area contributed by atoms with Crippen LogP contribution in [0.3, 0.4) is 0 Å². The van der Waals surface area contributed by atoms with E-state index in [2.05, 4.69) is 5.32 Å². The van der Waals surface area contributed by atoms with Gasteiger partial charge in [-0.15, -0.1) is 0 Å². The van der Waals surface area contributed by atoms with Gasteiger partial charge in [0.2, 0.25) is 5.91 Å². The van der Waals surface area contributed by atoms with Crippen LogP contribution in [0, 0.1) is 0 Å². The number of anilines is 1. The smallest absolute Gasteiger partial charge is 0.407 e. The van der Waals surface area contributed by atoms with Crippen LogP contribution in [0.1, 0.15) is 25.0 Å². The van der Waals surface area contributed by atoms with Crippen LogP contribution in [-0.2, 0) is 21.6 Å². The minimum atomic E-state index is -0.537. The van der Waals surface area contributed by atoms with E-state index in [-0.39, 0.29) is 12.5 Å². The normalized spacial score (nSPS) is 15.0. The maximum Gasteiger partial charge on any atom is 0.407 e. The van der Waals surface area contributed by atoms with Crippen molar-refractivity contribution in [3.05, 3.63) is 65.7 Å². The number of hydrogen-bond donors (Lipinski definition) is 1. The molecule has 0 saturated heterocycles. The summed E-state index contributed by atoms with van der Waals surface area (Å²) in [6.07, 6.45) is -0.483. The van der Waals surface area contributed by atoms with Gasteiger partial charge in [0.05, 0.1) is 5.41 Å². The van der Waals surface area contributed by atoms with E-state index in [4.69, 9.17) is 4.74 Å². The Hall–Kier alpha value is -2.82. The third-order valence-corrected chi connectivity index (χ3v) is 4.47. The first-order chi connectivity index (χ1) is 12.0. The van der Waals surface area contributed by atoms with Crippen molar-refractivity contribution < 1.29 is 14.3 Å². The van der Waals surface area contributed by atoms with E-state index < -0.39 is 11.5 Å². The van der Waals surface area contributed by atoms with E-state index in [0.29, 0.717) is 13.1 Å². The first-order valence-corrected chi connectivity index (χ1v) is 8.36. The van der Waals surface area contributed by atoms with E-state index in [1.165, 1.54) is 0 Å². The van der Waals surface area contributed by atoms with Crippen molar-refractivity contribution in [1.29, 1.82) is 0 Å². The Kier molecular flexibility index (Phi) is 4.74. The molecule has 5 heteroatoms. The minimum Gasteiger partial charge on any atom is -0.445 e. The number of hydrogen-bond acceptors (Lipinski definition) is 3. The molecule has 2 aromatic carbocycles. The van der Waals surface area contributed by atoms with Gasteiger partial charge in [-0.3, -0.25) is 4.79 Å². The number of para-hydroxylation sites is 1. The molecule has 1 heterocycles. The van der Waals surface area contributed by atoms with Gasteiger partial charge in [-0.05, 0) is 31.0 Å². The van der Waals surface area contributed by atoms with E-state index >= 15 is 0 Å². The second-order valence-electron chi connectivity index (χ2n) is 6.59. The summed E-state index contributed by atoms with van der Waals surface area (Å²) in [6, 6.07) is 17.3. The highest BCUT2D eigenvalue weighted by atomic mass is 16.5. The lowest BCUT2D eigenvalue weighted by Gasteiger charge is -2.20. The third kappa shape index (κ3) is 3.50. The van der Waals surface area contributed by atoms with Crippen molar-refractivity contribution in [2.75, 3.05) is 18.0 Å². The Morgan fingerprint density at radius 2 is 1.76 bits per heavy atom. The van der Waals surface area contributed by atoms with Crippen LogP contribution < -0.4 is 10.2 Å². The molecule has 2 aromatic rings. The molecular formula is C20H22N2O3. The first kappa shape index (κ1) is 17.0. The quantitative estimate of drug-likeness (QED) is 0.910. The zero-order valence-electron chi connectivity index (χ0n) is 14.5. The molecule has 0 aliphatic carbocycles. The SMILES string of the molecule is CC1(C)C(=O)N(CCNC(=O)OCc2ccccc2)c2ccccc21. The molecule has 130 valence electrons.